The maximum Gasteiger partial charge on any atom is 0.233 e. The molecule has 84 valence electrons. The van der Waals surface area contributed by atoms with Crippen molar-refractivity contribution in [2.24, 2.45) is 5.73 Å². The van der Waals surface area contributed by atoms with Crippen molar-refractivity contribution in [3.8, 4) is 0 Å². The molecule has 0 aliphatic carbocycles. The number of carbonyl (C=O) groups is 1. The standard InChI is InChI=1S/C9H20N2O3/c1-2-4-13-6-7-14-5-3-11-9(12)8-10/h2-8,10H2,1H3,(H,11,12). The van der Waals surface area contributed by atoms with Crippen LogP contribution in [-0.4, -0.2) is 45.4 Å². The first-order valence-corrected chi connectivity index (χ1v) is 4.93. The third kappa shape index (κ3) is 9.44. The summed E-state index contributed by atoms with van der Waals surface area (Å²) in [4.78, 5) is 10.7. The number of ether oxygens (including phenoxy) is 2. The molecule has 0 spiro atoms. The molecule has 0 bridgehead atoms. The van der Waals surface area contributed by atoms with Crippen LogP contribution in [0.5, 0.6) is 0 Å². The summed E-state index contributed by atoms with van der Waals surface area (Å²) >= 11 is 0. The van der Waals surface area contributed by atoms with Gasteiger partial charge in [0.2, 0.25) is 5.91 Å². The highest BCUT2D eigenvalue weighted by atomic mass is 16.5. The molecule has 0 saturated carbocycles. The molecule has 0 unspecified atom stereocenters. The van der Waals surface area contributed by atoms with Crippen molar-refractivity contribution in [3.05, 3.63) is 0 Å². The van der Waals surface area contributed by atoms with Gasteiger partial charge in [-0.2, -0.15) is 0 Å². The molecular formula is C9H20N2O3. The van der Waals surface area contributed by atoms with Gasteiger partial charge in [0.15, 0.2) is 0 Å². The van der Waals surface area contributed by atoms with E-state index in [0.717, 1.165) is 13.0 Å². The van der Waals surface area contributed by atoms with E-state index in [0.29, 0.717) is 26.4 Å². The van der Waals surface area contributed by atoms with E-state index in [-0.39, 0.29) is 12.5 Å². The Hall–Kier alpha value is -0.650. The highest BCUT2D eigenvalue weighted by Gasteiger charge is 1.94. The van der Waals surface area contributed by atoms with E-state index in [1.807, 2.05) is 0 Å². The van der Waals surface area contributed by atoms with Crippen molar-refractivity contribution < 1.29 is 14.3 Å². The summed E-state index contributed by atoms with van der Waals surface area (Å²) in [6.07, 6.45) is 1.02. The van der Waals surface area contributed by atoms with Crippen LogP contribution in [0.2, 0.25) is 0 Å². The molecule has 14 heavy (non-hydrogen) atoms. The van der Waals surface area contributed by atoms with Gasteiger partial charge in [-0.15, -0.1) is 0 Å². The largest absolute Gasteiger partial charge is 0.379 e. The predicted molar refractivity (Wildman–Crippen MR) is 54.0 cm³/mol. The molecule has 3 N–H and O–H groups in total. The van der Waals surface area contributed by atoms with E-state index in [4.69, 9.17) is 15.2 Å². The van der Waals surface area contributed by atoms with E-state index in [1.54, 1.807) is 0 Å². The van der Waals surface area contributed by atoms with Gasteiger partial charge in [0.25, 0.3) is 0 Å². The zero-order chi connectivity index (χ0) is 10.6. The highest BCUT2D eigenvalue weighted by Crippen LogP contribution is 1.81. The van der Waals surface area contributed by atoms with Gasteiger partial charge >= 0.3 is 0 Å². The van der Waals surface area contributed by atoms with E-state index in [1.165, 1.54) is 0 Å². The summed E-state index contributed by atoms with van der Waals surface area (Å²) in [5.41, 5.74) is 5.09. The fourth-order valence-corrected chi connectivity index (χ4v) is 0.801. The lowest BCUT2D eigenvalue weighted by Gasteiger charge is -2.05. The number of hydrogen-bond donors (Lipinski definition) is 2. The first kappa shape index (κ1) is 13.4. The van der Waals surface area contributed by atoms with Crippen molar-refractivity contribution >= 4 is 5.91 Å². The Morgan fingerprint density at radius 2 is 1.86 bits per heavy atom. The molecule has 0 aliphatic rings. The molecule has 5 heteroatoms. The van der Waals surface area contributed by atoms with E-state index in [9.17, 15) is 4.79 Å². The molecule has 1 amide bonds. The van der Waals surface area contributed by atoms with Crippen LogP contribution < -0.4 is 11.1 Å². The third-order valence-electron chi connectivity index (χ3n) is 1.47. The van der Waals surface area contributed by atoms with Gasteiger partial charge in [-0.25, -0.2) is 0 Å². The lowest BCUT2D eigenvalue weighted by atomic mass is 10.5. The summed E-state index contributed by atoms with van der Waals surface area (Å²) in [7, 11) is 0. The number of rotatable bonds is 9. The summed E-state index contributed by atoms with van der Waals surface area (Å²) in [5, 5.41) is 2.60. The van der Waals surface area contributed by atoms with E-state index < -0.39 is 0 Å². The minimum atomic E-state index is -0.157. The topological polar surface area (TPSA) is 73.6 Å². The summed E-state index contributed by atoms with van der Waals surface area (Å²) in [6.45, 7) is 5.04. The molecule has 0 aromatic rings. The average molecular weight is 204 g/mol. The van der Waals surface area contributed by atoms with Crippen molar-refractivity contribution in [3.63, 3.8) is 0 Å². The van der Waals surface area contributed by atoms with Crippen LogP contribution in [0.15, 0.2) is 0 Å². The Labute approximate surface area is 84.9 Å². The summed E-state index contributed by atoms with van der Waals surface area (Å²) < 4.78 is 10.4. The summed E-state index contributed by atoms with van der Waals surface area (Å²) in [6, 6.07) is 0. The van der Waals surface area contributed by atoms with Crippen molar-refractivity contribution in [2.75, 3.05) is 39.5 Å². The molecule has 0 saturated heterocycles. The molecular weight excluding hydrogens is 184 g/mol. The van der Waals surface area contributed by atoms with Gasteiger partial charge < -0.3 is 20.5 Å². The highest BCUT2D eigenvalue weighted by molar-refractivity contribution is 5.77. The molecule has 0 heterocycles. The molecule has 0 aromatic heterocycles. The lowest BCUT2D eigenvalue weighted by molar-refractivity contribution is -0.119. The van der Waals surface area contributed by atoms with Gasteiger partial charge in [-0.1, -0.05) is 6.92 Å². The second kappa shape index (κ2) is 10.4. The van der Waals surface area contributed by atoms with E-state index >= 15 is 0 Å². The monoisotopic (exact) mass is 204 g/mol. The van der Waals surface area contributed by atoms with Crippen LogP contribution in [0.4, 0.5) is 0 Å². The van der Waals surface area contributed by atoms with Crippen molar-refractivity contribution in [1.29, 1.82) is 0 Å². The van der Waals surface area contributed by atoms with Gasteiger partial charge in [0.05, 0.1) is 26.4 Å². The zero-order valence-corrected chi connectivity index (χ0v) is 8.75. The molecule has 0 fully saturated rings. The van der Waals surface area contributed by atoms with E-state index in [2.05, 4.69) is 12.2 Å². The van der Waals surface area contributed by atoms with Gasteiger partial charge in [0, 0.05) is 13.2 Å². The normalized spacial score (nSPS) is 10.1. The Balaban J connectivity index is 2.95. The molecule has 0 radical (unpaired) electrons. The maximum absolute atomic E-state index is 10.7. The lowest BCUT2D eigenvalue weighted by Crippen LogP contribution is -2.32. The minimum absolute atomic E-state index is 0.0274. The van der Waals surface area contributed by atoms with Crippen LogP contribution >= 0.6 is 0 Å². The third-order valence-corrected chi connectivity index (χ3v) is 1.47. The fraction of sp³-hybridized carbons (Fsp3) is 0.889. The molecule has 0 atom stereocenters. The first-order chi connectivity index (χ1) is 6.81. The van der Waals surface area contributed by atoms with Crippen LogP contribution in [0.25, 0.3) is 0 Å². The van der Waals surface area contributed by atoms with Gasteiger partial charge in [-0.3, -0.25) is 4.79 Å². The second-order valence-corrected chi connectivity index (χ2v) is 2.78. The number of nitrogens with two attached hydrogens (primary N) is 1. The van der Waals surface area contributed by atoms with Gasteiger partial charge in [-0.05, 0) is 6.42 Å². The SMILES string of the molecule is CCCOCCOCCNC(=O)CN. The molecule has 0 aromatic carbocycles. The first-order valence-electron chi connectivity index (χ1n) is 4.93. The number of amides is 1. The second-order valence-electron chi connectivity index (χ2n) is 2.78. The van der Waals surface area contributed by atoms with Crippen LogP contribution in [-0.2, 0) is 14.3 Å². The molecule has 0 aliphatic heterocycles. The quantitative estimate of drug-likeness (QED) is 0.497. The Morgan fingerprint density at radius 3 is 2.43 bits per heavy atom. The predicted octanol–water partition coefficient (Wildman–Crippen LogP) is -0.495. The average Bonchev–Trinajstić information content (AvgIpc) is 2.21. The van der Waals surface area contributed by atoms with Crippen LogP contribution in [0, 0.1) is 0 Å². The Kier molecular flexibility index (Phi) is 9.95. The van der Waals surface area contributed by atoms with Crippen LogP contribution in [0.1, 0.15) is 13.3 Å². The smallest absolute Gasteiger partial charge is 0.233 e. The number of hydrogen-bond acceptors (Lipinski definition) is 4. The Bertz CT molecular complexity index is 142. The van der Waals surface area contributed by atoms with Gasteiger partial charge in [0.1, 0.15) is 0 Å². The zero-order valence-electron chi connectivity index (χ0n) is 8.75. The number of nitrogens with one attached hydrogen (secondary N) is 1. The molecule has 5 nitrogen and oxygen atoms in total. The maximum atomic E-state index is 10.7. The van der Waals surface area contributed by atoms with Crippen molar-refractivity contribution in [2.45, 2.75) is 13.3 Å². The minimum Gasteiger partial charge on any atom is -0.379 e. The van der Waals surface area contributed by atoms with Crippen LogP contribution in [0.3, 0.4) is 0 Å². The number of carbonyl (C=O) groups excluding carboxylic acids is 1. The van der Waals surface area contributed by atoms with Crippen molar-refractivity contribution in [1.82, 2.24) is 5.32 Å². The fourth-order valence-electron chi connectivity index (χ4n) is 0.801. The summed E-state index contributed by atoms with van der Waals surface area (Å²) in [5.74, 6) is -0.157. The Morgan fingerprint density at radius 1 is 1.21 bits per heavy atom. The molecule has 0 rings (SSSR count).